The predicted octanol–water partition coefficient (Wildman–Crippen LogP) is 14.9. The van der Waals surface area contributed by atoms with E-state index in [1.54, 1.807) is 0 Å². The Hall–Kier alpha value is -6.96. The molecule has 0 atom stereocenters. The van der Waals surface area contributed by atoms with Crippen LogP contribution in [-0.2, 0) is 0 Å². The molecular weight excluding hydrogens is 641 g/mol. The van der Waals surface area contributed by atoms with Gasteiger partial charge in [0.05, 0.1) is 0 Å². The predicted molar refractivity (Wildman–Crippen MR) is 225 cm³/mol. The first-order valence-electron chi connectivity index (χ1n) is 18.3. The van der Waals surface area contributed by atoms with Gasteiger partial charge in [0.1, 0.15) is 11.2 Å². The fourth-order valence-corrected chi connectivity index (χ4v) is 8.69. The van der Waals surface area contributed by atoms with Crippen molar-refractivity contribution in [2.24, 2.45) is 0 Å². The molecule has 0 aliphatic heterocycles. The molecule has 246 valence electrons. The lowest BCUT2D eigenvalue weighted by atomic mass is 9.83. The van der Waals surface area contributed by atoms with Gasteiger partial charge in [-0.25, -0.2) is 0 Å². The van der Waals surface area contributed by atoms with Crippen molar-refractivity contribution in [1.29, 1.82) is 0 Å². The first-order chi connectivity index (χ1) is 26.3. The Morgan fingerprint density at radius 3 is 1.47 bits per heavy atom. The Morgan fingerprint density at radius 1 is 0.264 bits per heavy atom. The molecule has 0 aliphatic carbocycles. The fraction of sp³-hybridized carbons (Fsp3) is 0. The topological polar surface area (TPSA) is 13.1 Å². The van der Waals surface area contributed by atoms with E-state index in [0.29, 0.717) is 0 Å². The SMILES string of the molecule is c1cc(-c2cccc(-c3cccc4c3oc3ccccc34)c2)cc(-c2c3ccccc3c(-c3cc4ccccc4c4ccccc34)c3ccccc23)c1. The van der Waals surface area contributed by atoms with Crippen molar-refractivity contribution in [1.82, 2.24) is 0 Å². The maximum atomic E-state index is 6.43. The van der Waals surface area contributed by atoms with Crippen molar-refractivity contribution in [2.45, 2.75) is 0 Å². The molecule has 0 aliphatic rings. The van der Waals surface area contributed by atoms with Gasteiger partial charge in [-0.05, 0) is 106 Å². The summed E-state index contributed by atoms with van der Waals surface area (Å²) >= 11 is 0. The highest BCUT2D eigenvalue weighted by atomic mass is 16.3. The minimum absolute atomic E-state index is 0.915. The van der Waals surface area contributed by atoms with Crippen molar-refractivity contribution in [2.75, 3.05) is 0 Å². The van der Waals surface area contributed by atoms with Gasteiger partial charge in [-0.2, -0.15) is 0 Å². The maximum absolute atomic E-state index is 6.43. The molecule has 0 amide bonds. The highest BCUT2D eigenvalue weighted by Gasteiger charge is 2.19. The van der Waals surface area contributed by atoms with Gasteiger partial charge >= 0.3 is 0 Å². The number of benzene rings is 10. The van der Waals surface area contributed by atoms with Gasteiger partial charge in [0.15, 0.2) is 0 Å². The molecule has 0 saturated carbocycles. The molecule has 0 unspecified atom stereocenters. The van der Waals surface area contributed by atoms with E-state index in [0.717, 1.165) is 33.1 Å². The van der Waals surface area contributed by atoms with Crippen LogP contribution in [0.5, 0.6) is 0 Å². The van der Waals surface area contributed by atoms with E-state index in [1.807, 2.05) is 12.1 Å². The van der Waals surface area contributed by atoms with E-state index in [4.69, 9.17) is 4.42 Å². The lowest BCUT2D eigenvalue weighted by Gasteiger charge is -2.20. The molecule has 0 N–H and O–H groups in total. The molecular formula is C52H32O. The maximum Gasteiger partial charge on any atom is 0.143 e. The van der Waals surface area contributed by atoms with Crippen molar-refractivity contribution < 1.29 is 4.42 Å². The Labute approximate surface area is 307 Å². The highest BCUT2D eigenvalue weighted by Crippen LogP contribution is 2.47. The van der Waals surface area contributed by atoms with E-state index in [9.17, 15) is 0 Å². The molecule has 1 nitrogen and oxygen atoms in total. The molecule has 11 rings (SSSR count). The highest BCUT2D eigenvalue weighted by molar-refractivity contribution is 6.25. The summed E-state index contributed by atoms with van der Waals surface area (Å²) in [5.74, 6) is 0. The van der Waals surface area contributed by atoms with Crippen molar-refractivity contribution in [3.05, 3.63) is 194 Å². The van der Waals surface area contributed by atoms with Crippen LogP contribution < -0.4 is 0 Å². The van der Waals surface area contributed by atoms with Crippen molar-refractivity contribution >= 4 is 65.0 Å². The van der Waals surface area contributed by atoms with Crippen LogP contribution in [0.1, 0.15) is 0 Å². The van der Waals surface area contributed by atoms with E-state index in [1.165, 1.54) is 76.5 Å². The number of fused-ring (bicyclic) bond motifs is 8. The fourth-order valence-electron chi connectivity index (χ4n) is 8.69. The van der Waals surface area contributed by atoms with Gasteiger partial charge in [-0.1, -0.05) is 170 Å². The number of hydrogen-bond donors (Lipinski definition) is 0. The van der Waals surface area contributed by atoms with Crippen LogP contribution in [0, 0.1) is 0 Å². The normalized spacial score (nSPS) is 11.8. The monoisotopic (exact) mass is 672 g/mol. The zero-order chi connectivity index (χ0) is 34.9. The van der Waals surface area contributed by atoms with Gasteiger partial charge in [-0.15, -0.1) is 0 Å². The Kier molecular flexibility index (Phi) is 6.62. The third kappa shape index (κ3) is 4.64. The molecule has 0 saturated heterocycles. The van der Waals surface area contributed by atoms with Crippen LogP contribution in [0.3, 0.4) is 0 Å². The molecule has 0 spiro atoms. The molecule has 0 fully saturated rings. The number of para-hydroxylation sites is 2. The summed E-state index contributed by atoms with van der Waals surface area (Å²) in [5.41, 5.74) is 11.4. The molecule has 0 radical (unpaired) electrons. The second-order valence-electron chi connectivity index (χ2n) is 14.0. The molecule has 0 bridgehead atoms. The molecule has 10 aromatic carbocycles. The van der Waals surface area contributed by atoms with E-state index in [-0.39, 0.29) is 0 Å². The standard InChI is InChI=1S/C52H32O/c1-2-19-38-36(14-1)32-48(41-21-4-3-20-40(38)41)51-45-25-7-5-23-43(45)50(44-24-6-8-26-46(44)51)37-18-12-16-34(31-37)33-15-11-17-35(30-33)39-27-13-28-47-42-22-9-10-29-49(42)53-52(39)47/h1-32H. The summed E-state index contributed by atoms with van der Waals surface area (Å²) in [6, 6.07) is 70.6. The lowest BCUT2D eigenvalue weighted by molar-refractivity contribution is 0.670. The van der Waals surface area contributed by atoms with Crippen molar-refractivity contribution in [3.63, 3.8) is 0 Å². The van der Waals surface area contributed by atoms with Gasteiger partial charge in [-0.3, -0.25) is 0 Å². The number of rotatable bonds is 4. The first kappa shape index (κ1) is 29.7. The Balaban J connectivity index is 1.11. The summed E-state index contributed by atoms with van der Waals surface area (Å²) in [7, 11) is 0. The largest absolute Gasteiger partial charge is 0.455 e. The smallest absolute Gasteiger partial charge is 0.143 e. The van der Waals surface area contributed by atoms with E-state index in [2.05, 4.69) is 182 Å². The van der Waals surface area contributed by atoms with E-state index < -0.39 is 0 Å². The molecule has 1 aromatic heterocycles. The van der Waals surface area contributed by atoms with Crippen LogP contribution in [0.15, 0.2) is 199 Å². The zero-order valence-corrected chi connectivity index (χ0v) is 28.9. The van der Waals surface area contributed by atoms with Crippen LogP contribution in [-0.4, -0.2) is 0 Å². The minimum atomic E-state index is 0.915. The van der Waals surface area contributed by atoms with Gasteiger partial charge in [0.2, 0.25) is 0 Å². The minimum Gasteiger partial charge on any atom is -0.455 e. The second kappa shape index (κ2) is 11.8. The quantitative estimate of drug-likeness (QED) is 0.134. The van der Waals surface area contributed by atoms with Gasteiger partial charge < -0.3 is 4.42 Å². The second-order valence-corrected chi connectivity index (χ2v) is 14.0. The molecule has 1 heteroatoms. The van der Waals surface area contributed by atoms with Crippen LogP contribution >= 0.6 is 0 Å². The number of furan rings is 1. The number of hydrogen-bond acceptors (Lipinski definition) is 1. The summed E-state index contributed by atoms with van der Waals surface area (Å²) in [5, 5.41) is 12.4. The lowest BCUT2D eigenvalue weighted by Crippen LogP contribution is -1.92. The van der Waals surface area contributed by atoms with E-state index >= 15 is 0 Å². The summed E-state index contributed by atoms with van der Waals surface area (Å²) in [6.45, 7) is 0. The first-order valence-corrected chi connectivity index (χ1v) is 18.3. The molecule has 1 heterocycles. The van der Waals surface area contributed by atoms with Crippen LogP contribution in [0.2, 0.25) is 0 Å². The van der Waals surface area contributed by atoms with Crippen LogP contribution in [0.4, 0.5) is 0 Å². The Morgan fingerprint density at radius 2 is 0.755 bits per heavy atom. The third-order valence-electron chi connectivity index (χ3n) is 11.0. The molecule has 53 heavy (non-hydrogen) atoms. The summed E-state index contributed by atoms with van der Waals surface area (Å²) in [6.07, 6.45) is 0. The third-order valence-corrected chi connectivity index (χ3v) is 11.0. The summed E-state index contributed by atoms with van der Waals surface area (Å²) in [4.78, 5) is 0. The van der Waals surface area contributed by atoms with Crippen LogP contribution in [0.25, 0.3) is 110 Å². The van der Waals surface area contributed by atoms with Gasteiger partial charge in [0, 0.05) is 16.3 Å². The zero-order valence-electron chi connectivity index (χ0n) is 28.9. The van der Waals surface area contributed by atoms with Crippen molar-refractivity contribution in [3.8, 4) is 44.5 Å². The van der Waals surface area contributed by atoms with Gasteiger partial charge in [0.25, 0.3) is 0 Å². The summed E-state index contributed by atoms with van der Waals surface area (Å²) < 4.78 is 6.43. The Bertz CT molecular complexity index is 3180. The molecule has 11 aromatic rings. The average molecular weight is 673 g/mol. The average Bonchev–Trinajstić information content (AvgIpc) is 3.62.